The van der Waals surface area contributed by atoms with Gasteiger partial charge in [0.1, 0.15) is 11.6 Å². The van der Waals surface area contributed by atoms with Crippen molar-refractivity contribution < 1.29 is 18.4 Å². The van der Waals surface area contributed by atoms with Crippen LogP contribution in [0.5, 0.6) is 5.75 Å². The number of ketones is 1. The van der Waals surface area contributed by atoms with Gasteiger partial charge < -0.3 is 18.4 Å². The summed E-state index contributed by atoms with van der Waals surface area (Å²) in [6.07, 6.45) is 3.51. The van der Waals surface area contributed by atoms with Crippen molar-refractivity contribution in [1.29, 1.82) is 0 Å². The highest BCUT2D eigenvalue weighted by Gasteiger charge is 2.23. The second kappa shape index (κ2) is 6.55. The standard InChI is InChI=1S/C22H17FN4O3/c1-26-10-16(14-8-12(23)4-6-18(14)26)20(28)22-24-21(25-30-22)17-11-27(2)19-7-5-13(29-3)9-15(17)19/h4-11H,1-3H3. The Morgan fingerprint density at radius 1 is 1.03 bits per heavy atom. The number of carbonyl (C=O) groups is 1. The smallest absolute Gasteiger partial charge is 0.299 e. The summed E-state index contributed by atoms with van der Waals surface area (Å²) in [4.78, 5) is 17.4. The monoisotopic (exact) mass is 404 g/mol. The van der Waals surface area contributed by atoms with Gasteiger partial charge in [-0.25, -0.2) is 4.39 Å². The summed E-state index contributed by atoms with van der Waals surface area (Å²) in [6.45, 7) is 0. The van der Waals surface area contributed by atoms with Gasteiger partial charge in [-0.1, -0.05) is 5.16 Å². The fraction of sp³-hybridized carbons (Fsp3) is 0.136. The first-order chi connectivity index (χ1) is 14.5. The molecule has 0 aliphatic rings. The second-order valence-corrected chi connectivity index (χ2v) is 7.10. The van der Waals surface area contributed by atoms with Crippen LogP contribution in [0.3, 0.4) is 0 Å². The van der Waals surface area contributed by atoms with Crippen LogP contribution >= 0.6 is 0 Å². The summed E-state index contributed by atoms with van der Waals surface area (Å²) in [5.74, 6) is -0.0285. The fourth-order valence-corrected chi connectivity index (χ4v) is 3.76. The molecule has 0 aliphatic carbocycles. The van der Waals surface area contributed by atoms with Crippen LogP contribution in [0.15, 0.2) is 53.3 Å². The number of benzene rings is 2. The molecular formula is C22H17FN4O3. The van der Waals surface area contributed by atoms with Crippen LogP contribution in [-0.2, 0) is 14.1 Å². The Balaban J connectivity index is 1.59. The molecule has 5 aromatic rings. The Bertz CT molecular complexity index is 1440. The van der Waals surface area contributed by atoms with E-state index in [4.69, 9.17) is 9.26 Å². The second-order valence-electron chi connectivity index (χ2n) is 7.10. The number of methoxy groups -OCH3 is 1. The van der Waals surface area contributed by atoms with E-state index in [1.165, 1.54) is 12.1 Å². The van der Waals surface area contributed by atoms with Gasteiger partial charge in [0.25, 0.3) is 11.7 Å². The maximum Gasteiger partial charge on any atom is 0.299 e. The third-order valence-corrected chi connectivity index (χ3v) is 5.25. The van der Waals surface area contributed by atoms with Gasteiger partial charge in [-0.2, -0.15) is 4.98 Å². The lowest BCUT2D eigenvalue weighted by atomic mass is 10.1. The van der Waals surface area contributed by atoms with Crippen LogP contribution in [-0.4, -0.2) is 32.2 Å². The molecule has 3 heterocycles. The van der Waals surface area contributed by atoms with Crippen molar-refractivity contribution in [3.05, 3.63) is 66.1 Å². The lowest BCUT2D eigenvalue weighted by Crippen LogP contribution is -2.01. The third-order valence-electron chi connectivity index (χ3n) is 5.25. The highest BCUT2D eigenvalue weighted by molar-refractivity contribution is 6.14. The van der Waals surface area contributed by atoms with Crippen molar-refractivity contribution >= 4 is 27.6 Å². The number of carbonyl (C=O) groups excluding carboxylic acids is 1. The van der Waals surface area contributed by atoms with Crippen LogP contribution in [0, 0.1) is 5.82 Å². The van der Waals surface area contributed by atoms with Gasteiger partial charge in [-0.15, -0.1) is 0 Å². The number of halogens is 1. The van der Waals surface area contributed by atoms with E-state index in [0.29, 0.717) is 22.5 Å². The molecule has 3 aromatic heterocycles. The molecule has 0 atom stereocenters. The predicted molar refractivity (Wildman–Crippen MR) is 109 cm³/mol. The molecule has 0 N–H and O–H groups in total. The number of nitrogens with zero attached hydrogens (tertiary/aromatic N) is 4. The number of fused-ring (bicyclic) bond motifs is 2. The Morgan fingerprint density at radius 3 is 2.57 bits per heavy atom. The highest BCUT2D eigenvalue weighted by Crippen LogP contribution is 2.32. The van der Waals surface area contributed by atoms with Gasteiger partial charge in [0.2, 0.25) is 5.82 Å². The Kier molecular flexibility index (Phi) is 3.95. The molecule has 0 fully saturated rings. The molecule has 0 bridgehead atoms. The number of hydrogen-bond donors (Lipinski definition) is 0. The van der Waals surface area contributed by atoms with E-state index < -0.39 is 11.6 Å². The normalized spacial score (nSPS) is 11.5. The van der Waals surface area contributed by atoms with Crippen LogP contribution in [0.1, 0.15) is 16.2 Å². The molecule has 7 nitrogen and oxygen atoms in total. The minimum atomic E-state index is -0.456. The molecule has 2 aromatic carbocycles. The van der Waals surface area contributed by atoms with Gasteiger partial charge in [-0.3, -0.25) is 4.79 Å². The summed E-state index contributed by atoms with van der Waals surface area (Å²) >= 11 is 0. The molecule has 0 unspecified atom stereocenters. The zero-order chi connectivity index (χ0) is 21.0. The molecule has 8 heteroatoms. The quantitative estimate of drug-likeness (QED) is 0.422. The lowest BCUT2D eigenvalue weighted by molar-refractivity contribution is 0.0995. The molecule has 5 rings (SSSR count). The molecule has 0 radical (unpaired) electrons. The van der Waals surface area contributed by atoms with Crippen molar-refractivity contribution in [2.45, 2.75) is 0 Å². The molecule has 0 amide bonds. The van der Waals surface area contributed by atoms with E-state index in [2.05, 4.69) is 10.1 Å². The first-order valence-corrected chi connectivity index (χ1v) is 9.22. The summed E-state index contributed by atoms with van der Waals surface area (Å²) in [6, 6.07) is 10.0. The first kappa shape index (κ1) is 18.1. The number of aryl methyl sites for hydroxylation is 2. The molecule has 0 saturated heterocycles. The maximum absolute atomic E-state index is 13.7. The zero-order valence-corrected chi connectivity index (χ0v) is 16.5. The average molecular weight is 404 g/mol. The largest absolute Gasteiger partial charge is 0.497 e. The molecule has 0 spiro atoms. The van der Waals surface area contributed by atoms with Gasteiger partial charge in [-0.05, 0) is 36.4 Å². The van der Waals surface area contributed by atoms with E-state index >= 15 is 0 Å². The number of hydrogen-bond acceptors (Lipinski definition) is 5. The lowest BCUT2D eigenvalue weighted by Gasteiger charge is -2.00. The van der Waals surface area contributed by atoms with Crippen molar-refractivity contribution in [3.8, 4) is 17.1 Å². The first-order valence-electron chi connectivity index (χ1n) is 9.22. The summed E-state index contributed by atoms with van der Waals surface area (Å²) < 4.78 is 28.0. The van der Waals surface area contributed by atoms with Crippen LogP contribution in [0.4, 0.5) is 4.39 Å². The average Bonchev–Trinajstić information content (AvgIpc) is 3.44. The van der Waals surface area contributed by atoms with Crippen LogP contribution < -0.4 is 4.74 Å². The van der Waals surface area contributed by atoms with Crippen LogP contribution in [0.2, 0.25) is 0 Å². The van der Waals surface area contributed by atoms with E-state index in [-0.39, 0.29) is 5.89 Å². The van der Waals surface area contributed by atoms with Gasteiger partial charge >= 0.3 is 0 Å². The summed E-state index contributed by atoms with van der Waals surface area (Å²) in [5.41, 5.74) is 2.73. The summed E-state index contributed by atoms with van der Waals surface area (Å²) in [7, 11) is 5.30. The van der Waals surface area contributed by atoms with Gasteiger partial charge in [0.05, 0.1) is 12.7 Å². The Labute approximate surface area is 170 Å². The Morgan fingerprint density at radius 2 is 1.77 bits per heavy atom. The van der Waals surface area contributed by atoms with Crippen molar-refractivity contribution in [3.63, 3.8) is 0 Å². The number of rotatable bonds is 4. The molecule has 30 heavy (non-hydrogen) atoms. The minimum Gasteiger partial charge on any atom is -0.497 e. The van der Waals surface area contributed by atoms with E-state index in [9.17, 15) is 9.18 Å². The number of aromatic nitrogens is 4. The van der Waals surface area contributed by atoms with Crippen LogP contribution in [0.25, 0.3) is 33.2 Å². The number of ether oxygens (including phenoxy) is 1. The van der Waals surface area contributed by atoms with Crippen molar-refractivity contribution in [2.24, 2.45) is 14.1 Å². The fourth-order valence-electron chi connectivity index (χ4n) is 3.76. The van der Waals surface area contributed by atoms with E-state index in [1.54, 1.807) is 31.0 Å². The molecule has 0 saturated carbocycles. The predicted octanol–water partition coefficient (Wildman–Crippen LogP) is 4.10. The van der Waals surface area contributed by atoms with Crippen molar-refractivity contribution in [1.82, 2.24) is 19.3 Å². The molecule has 150 valence electrons. The maximum atomic E-state index is 13.7. The van der Waals surface area contributed by atoms with Gasteiger partial charge in [0.15, 0.2) is 0 Å². The third kappa shape index (κ3) is 2.68. The summed E-state index contributed by atoms with van der Waals surface area (Å²) in [5, 5.41) is 5.39. The Hall–Kier alpha value is -3.94. The van der Waals surface area contributed by atoms with E-state index in [1.807, 2.05) is 36.0 Å². The molecule has 0 aliphatic heterocycles. The topological polar surface area (TPSA) is 75.1 Å². The van der Waals surface area contributed by atoms with Crippen molar-refractivity contribution in [2.75, 3.05) is 7.11 Å². The minimum absolute atomic E-state index is 0.151. The zero-order valence-electron chi connectivity index (χ0n) is 16.5. The highest BCUT2D eigenvalue weighted by atomic mass is 19.1. The van der Waals surface area contributed by atoms with E-state index in [0.717, 1.165) is 22.0 Å². The van der Waals surface area contributed by atoms with Gasteiger partial charge in [0, 0.05) is 53.9 Å². The molecular weight excluding hydrogens is 387 g/mol. The SMILES string of the molecule is COc1ccc2c(c1)c(-c1noc(C(=O)c3cn(C)c4ccc(F)cc34)n1)cn2C.